The van der Waals surface area contributed by atoms with Crippen LogP contribution in [0.3, 0.4) is 0 Å². The zero-order valence-electron chi connectivity index (χ0n) is 11.5. The van der Waals surface area contributed by atoms with Crippen LogP contribution in [0.2, 0.25) is 0 Å². The van der Waals surface area contributed by atoms with Gasteiger partial charge in [0.2, 0.25) is 0 Å². The lowest BCUT2D eigenvalue weighted by Gasteiger charge is -2.12. The normalized spacial score (nSPS) is 13.7. The third-order valence-corrected chi connectivity index (χ3v) is 3.43. The smallest absolute Gasteiger partial charge is 0.326 e. The van der Waals surface area contributed by atoms with Crippen LogP contribution in [0.15, 0.2) is 36.4 Å². The summed E-state index contributed by atoms with van der Waals surface area (Å²) in [5, 5.41) is 1.77. The molecule has 3 rings (SSSR count). The van der Waals surface area contributed by atoms with Gasteiger partial charge in [0.1, 0.15) is 6.54 Å². The number of fused-ring (bicyclic) bond motifs is 2. The number of ether oxygens (including phenoxy) is 1. The minimum absolute atomic E-state index is 0.214. The second kappa shape index (κ2) is 5.01. The summed E-state index contributed by atoms with van der Waals surface area (Å²) in [4.78, 5) is 37.0. The van der Waals surface area contributed by atoms with Crippen molar-refractivity contribution in [1.29, 1.82) is 0 Å². The van der Waals surface area contributed by atoms with E-state index >= 15 is 0 Å². The monoisotopic (exact) mass is 283 g/mol. The lowest BCUT2D eigenvalue weighted by atomic mass is 10.0. The maximum absolute atomic E-state index is 12.3. The van der Waals surface area contributed by atoms with Crippen molar-refractivity contribution in [1.82, 2.24) is 4.90 Å². The summed E-state index contributed by atoms with van der Waals surface area (Å²) in [5.41, 5.74) is 0.672. The number of rotatable bonds is 3. The highest BCUT2D eigenvalue weighted by Gasteiger charge is 2.37. The predicted octanol–water partition coefficient (Wildman–Crippen LogP) is 2.00. The van der Waals surface area contributed by atoms with E-state index in [2.05, 4.69) is 0 Å². The zero-order valence-corrected chi connectivity index (χ0v) is 11.5. The molecule has 1 heterocycles. The Bertz CT molecular complexity index is 711. The maximum Gasteiger partial charge on any atom is 0.326 e. The molecule has 1 aliphatic rings. The van der Waals surface area contributed by atoms with Gasteiger partial charge in [0.15, 0.2) is 0 Å². The molecule has 0 fully saturated rings. The van der Waals surface area contributed by atoms with Crippen molar-refractivity contribution in [2.24, 2.45) is 0 Å². The molecule has 2 aromatic rings. The molecule has 0 unspecified atom stereocenters. The van der Waals surface area contributed by atoms with Gasteiger partial charge in [-0.05, 0) is 29.8 Å². The zero-order chi connectivity index (χ0) is 15.0. The summed E-state index contributed by atoms with van der Waals surface area (Å²) in [6.45, 7) is 1.54. The number of amides is 2. The van der Waals surface area contributed by atoms with Gasteiger partial charge >= 0.3 is 5.97 Å². The fourth-order valence-corrected chi connectivity index (χ4v) is 2.46. The van der Waals surface area contributed by atoms with Crippen molar-refractivity contribution in [3.8, 4) is 0 Å². The standard InChI is InChI=1S/C16H13NO4/c1-2-21-14(18)9-17-15(19)12-7-10-5-3-4-6-11(10)8-13(12)16(17)20/h3-8H,2,9H2,1H3. The Labute approximate surface area is 121 Å². The Balaban J connectivity index is 2.00. The van der Waals surface area contributed by atoms with E-state index in [1.165, 1.54) is 0 Å². The highest BCUT2D eigenvalue weighted by molar-refractivity contribution is 6.23. The number of hydrogen-bond acceptors (Lipinski definition) is 4. The Morgan fingerprint density at radius 2 is 1.57 bits per heavy atom. The van der Waals surface area contributed by atoms with Crippen LogP contribution >= 0.6 is 0 Å². The van der Waals surface area contributed by atoms with Crippen molar-refractivity contribution in [2.45, 2.75) is 6.92 Å². The van der Waals surface area contributed by atoms with Crippen molar-refractivity contribution in [2.75, 3.05) is 13.2 Å². The van der Waals surface area contributed by atoms with Gasteiger partial charge in [-0.15, -0.1) is 0 Å². The molecule has 0 radical (unpaired) electrons. The molecule has 0 N–H and O–H groups in total. The van der Waals surface area contributed by atoms with Crippen LogP contribution in [-0.4, -0.2) is 35.8 Å². The summed E-state index contributed by atoms with van der Waals surface area (Å²) in [6, 6.07) is 10.9. The molecule has 0 atom stereocenters. The first-order valence-corrected chi connectivity index (χ1v) is 6.66. The average Bonchev–Trinajstić information content (AvgIpc) is 2.70. The number of carbonyl (C=O) groups excluding carboxylic acids is 3. The van der Waals surface area contributed by atoms with E-state index < -0.39 is 17.8 Å². The van der Waals surface area contributed by atoms with Crippen LogP contribution in [0.1, 0.15) is 27.6 Å². The van der Waals surface area contributed by atoms with Crippen LogP contribution in [0.5, 0.6) is 0 Å². The fraction of sp³-hybridized carbons (Fsp3) is 0.188. The van der Waals surface area contributed by atoms with Gasteiger partial charge < -0.3 is 4.74 Å². The van der Waals surface area contributed by atoms with Crippen molar-refractivity contribution < 1.29 is 19.1 Å². The van der Waals surface area contributed by atoms with Gasteiger partial charge in [0.25, 0.3) is 11.8 Å². The van der Waals surface area contributed by atoms with Crippen molar-refractivity contribution in [3.05, 3.63) is 47.5 Å². The summed E-state index contributed by atoms with van der Waals surface area (Å²) >= 11 is 0. The first-order valence-electron chi connectivity index (χ1n) is 6.66. The Morgan fingerprint density at radius 1 is 1.05 bits per heavy atom. The average molecular weight is 283 g/mol. The molecule has 1 aliphatic heterocycles. The molecule has 5 heteroatoms. The fourth-order valence-electron chi connectivity index (χ4n) is 2.46. The molecule has 2 amide bonds. The number of benzene rings is 2. The molecule has 0 aromatic heterocycles. The quantitative estimate of drug-likeness (QED) is 0.638. The van der Waals surface area contributed by atoms with Gasteiger partial charge in [-0.1, -0.05) is 24.3 Å². The molecule has 0 spiro atoms. The van der Waals surface area contributed by atoms with Crippen LogP contribution in [0, 0.1) is 0 Å². The summed E-state index contributed by atoms with van der Waals surface area (Å²) in [5.74, 6) is -1.49. The molecule has 0 aliphatic carbocycles. The maximum atomic E-state index is 12.3. The SMILES string of the molecule is CCOC(=O)CN1C(=O)c2cc3ccccc3cc2C1=O. The number of imide groups is 1. The van der Waals surface area contributed by atoms with Gasteiger partial charge in [-0.3, -0.25) is 19.3 Å². The number of esters is 1. The van der Waals surface area contributed by atoms with E-state index in [1.54, 1.807) is 19.1 Å². The molecule has 21 heavy (non-hydrogen) atoms. The Hall–Kier alpha value is -2.69. The number of nitrogens with zero attached hydrogens (tertiary/aromatic N) is 1. The van der Waals surface area contributed by atoms with E-state index in [-0.39, 0.29) is 13.2 Å². The van der Waals surface area contributed by atoms with Crippen LogP contribution in [0.4, 0.5) is 0 Å². The predicted molar refractivity (Wildman–Crippen MR) is 75.9 cm³/mol. The molecular weight excluding hydrogens is 270 g/mol. The summed E-state index contributed by atoms with van der Waals surface area (Å²) in [7, 11) is 0. The van der Waals surface area contributed by atoms with E-state index in [0.29, 0.717) is 11.1 Å². The molecular formula is C16H13NO4. The first kappa shape index (κ1) is 13.3. The third-order valence-electron chi connectivity index (χ3n) is 3.43. The Morgan fingerprint density at radius 3 is 2.05 bits per heavy atom. The lowest BCUT2D eigenvalue weighted by molar-refractivity contribution is -0.143. The summed E-state index contributed by atoms with van der Waals surface area (Å²) < 4.78 is 4.79. The van der Waals surface area contributed by atoms with Gasteiger partial charge in [-0.25, -0.2) is 0 Å². The molecule has 106 valence electrons. The van der Waals surface area contributed by atoms with E-state index in [9.17, 15) is 14.4 Å². The van der Waals surface area contributed by atoms with Gasteiger partial charge in [-0.2, -0.15) is 0 Å². The minimum Gasteiger partial charge on any atom is -0.465 e. The van der Waals surface area contributed by atoms with Crippen LogP contribution in [-0.2, 0) is 9.53 Å². The molecule has 0 saturated heterocycles. The summed E-state index contributed by atoms with van der Waals surface area (Å²) in [6.07, 6.45) is 0. The molecule has 0 bridgehead atoms. The molecule has 2 aromatic carbocycles. The highest BCUT2D eigenvalue weighted by Crippen LogP contribution is 2.27. The first-order chi connectivity index (χ1) is 10.1. The second-order valence-corrected chi connectivity index (χ2v) is 4.75. The van der Waals surface area contributed by atoms with Crippen LogP contribution < -0.4 is 0 Å². The van der Waals surface area contributed by atoms with Crippen molar-refractivity contribution >= 4 is 28.6 Å². The van der Waals surface area contributed by atoms with Gasteiger partial charge in [0.05, 0.1) is 17.7 Å². The Kier molecular flexibility index (Phi) is 3.17. The van der Waals surface area contributed by atoms with E-state index in [1.807, 2.05) is 24.3 Å². The third kappa shape index (κ3) is 2.16. The van der Waals surface area contributed by atoms with Crippen molar-refractivity contribution in [3.63, 3.8) is 0 Å². The molecule has 0 saturated carbocycles. The second-order valence-electron chi connectivity index (χ2n) is 4.75. The highest BCUT2D eigenvalue weighted by atomic mass is 16.5. The lowest BCUT2D eigenvalue weighted by Crippen LogP contribution is -2.35. The van der Waals surface area contributed by atoms with Gasteiger partial charge in [0, 0.05) is 0 Å². The topological polar surface area (TPSA) is 63.7 Å². The number of hydrogen-bond donors (Lipinski definition) is 0. The van der Waals surface area contributed by atoms with E-state index in [4.69, 9.17) is 4.74 Å². The largest absolute Gasteiger partial charge is 0.465 e. The number of carbonyl (C=O) groups is 3. The van der Waals surface area contributed by atoms with E-state index in [0.717, 1.165) is 15.7 Å². The van der Waals surface area contributed by atoms with Crippen LogP contribution in [0.25, 0.3) is 10.8 Å². The minimum atomic E-state index is -0.587. The molecule has 5 nitrogen and oxygen atoms in total.